The van der Waals surface area contributed by atoms with E-state index in [9.17, 15) is 13.2 Å². The maximum Gasteiger partial charge on any atom is 0.264 e. The number of carbonyl (C=O) groups is 1. The van der Waals surface area contributed by atoms with Gasteiger partial charge in [0.25, 0.3) is 15.9 Å². The first-order chi connectivity index (χ1) is 18.4. The number of methoxy groups -OCH3 is 2. The van der Waals surface area contributed by atoms with E-state index in [1.807, 2.05) is 24.3 Å². The summed E-state index contributed by atoms with van der Waals surface area (Å²) in [5, 5.41) is 2.93. The summed E-state index contributed by atoms with van der Waals surface area (Å²) in [6, 6.07) is 30.0. The summed E-state index contributed by atoms with van der Waals surface area (Å²) in [6.07, 6.45) is 0.632. The van der Waals surface area contributed by atoms with Gasteiger partial charge in [-0.05, 0) is 66.1 Å². The van der Waals surface area contributed by atoms with Crippen molar-refractivity contribution in [3.63, 3.8) is 0 Å². The molecule has 4 aromatic carbocycles. The van der Waals surface area contributed by atoms with Crippen molar-refractivity contribution >= 4 is 21.6 Å². The minimum Gasteiger partial charge on any atom is -0.493 e. The number of sulfonamides is 1. The monoisotopic (exact) mass is 530 g/mol. The van der Waals surface area contributed by atoms with Crippen LogP contribution in [-0.4, -0.2) is 35.1 Å². The topological polar surface area (TPSA) is 84.9 Å². The van der Waals surface area contributed by atoms with Crippen molar-refractivity contribution in [2.75, 3.05) is 25.1 Å². The van der Waals surface area contributed by atoms with E-state index in [4.69, 9.17) is 9.47 Å². The highest BCUT2D eigenvalue weighted by molar-refractivity contribution is 7.92. The van der Waals surface area contributed by atoms with Crippen LogP contribution in [0.2, 0.25) is 0 Å². The SMILES string of the molecule is COc1ccc(CCNC(=O)c2ccc(CN(c3ccccc3)S(=O)(=O)c3ccccc3)cc2)cc1OC. The summed E-state index contributed by atoms with van der Waals surface area (Å²) >= 11 is 0. The zero-order chi connectivity index (χ0) is 27.0. The van der Waals surface area contributed by atoms with Crippen molar-refractivity contribution in [1.82, 2.24) is 5.32 Å². The molecule has 0 saturated carbocycles. The molecule has 0 radical (unpaired) electrons. The molecule has 0 atom stereocenters. The average Bonchev–Trinajstić information content (AvgIpc) is 2.96. The predicted octanol–water partition coefficient (Wildman–Crippen LogP) is 5.07. The second-order valence-corrected chi connectivity index (χ2v) is 10.4. The zero-order valence-electron chi connectivity index (χ0n) is 21.3. The number of benzene rings is 4. The number of amides is 1. The number of nitrogens with zero attached hydrogens (tertiary/aromatic N) is 1. The molecule has 1 N–H and O–H groups in total. The van der Waals surface area contributed by atoms with Crippen LogP contribution in [0.5, 0.6) is 11.5 Å². The van der Waals surface area contributed by atoms with Crippen LogP contribution >= 0.6 is 0 Å². The molecular weight excluding hydrogens is 500 g/mol. The highest BCUT2D eigenvalue weighted by Gasteiger charge is 2.25. The van der Waals surface area contributed by atoms with Crippen molar-refractivity contribution in [3.8, 4) is 11.5 Å². The number of nitrogens with one attached hydrogen (secondary N) is 1. The number of carbonyl (C=O) groups excluding carboxylic acids is 1. The Hall–Kier alpha value is -4.30. The second kappa shape index (κ2) is 12.3. The fourth-order valence-corrected chi connectivity index (χ4v) is 5.49. The summed E-state index contributed by atoms with van der Waals surface area (Å²) in [5.74, 6) is 1.10. The normalized spacial score (nSPS) is 11.0. The largest absolute Gasteiger partial charge is 0.493 e. The van der Waals surface area contributed by atoms with E-state index < -0.39 is 10.0 Å². The molecule has 0 heterocycles. The van der Waals surface area contributed by atoms with E-state index in [2.05, 4.69) is 5.32 Å². The molecule has 0 aliphatic heterocycles. The van der Waals surface area contributed by atoms with Gasteiger partial charge in [-0.25, -0.2) is 8.42 Å². The minimum atomic E-state index is -3.79. The molecule has 0 aliphatic rings. The van der Waals surface area contributed by atoms with Crippen LogP contribution in [0, 0.1) is 0 Å². The first kappa shape index (κ1) is 26.8. The van der Waals surface area contributed by atoms with E-state index in [1.54, 1.807) is 93.1 Å². The van der Waals surface area contributed by atoms with Crippen LogP contribution in [0.1, 0.15) is 21.5 Å². The van der Waals surface area contributed by atoms with Gasteiger partial charge in [0.15, 0.2) is 11.5 Å². The standard InChI is InChI=1S/C30H30N2O5S/c1-36-28-18-15-23(21-29(28)37-2)19-20-31-30(33)25-16-13-24(14-17-25)22-32(26-9-5-3-6-10-26)38(34,35)27-11-7-4-8-12-27/h3-18,21H,19-20,22H2,1-2H3,(H,31,33). The lowest BCUT2D eigenvalue weighted by Crippen LogP contribution is -2.30. The van der Waals surface area contributed by atoms with Gasteiger partial charge >= 0.3 is 0 Å². The lowest BCUT2D eigenvalue weighted by molar-refractivity contribution is 0.0954. The average molecular weight is 531 g/mol. The summed E-state index contributed by atoms with van der Waals surface area (Å²) in [5.41, 5.74) is 2.83. The summed E-state index contributed by atoms with van der Waals surface area (Å²) in [4.78, 5) is 12.9. The molecule has 4 aromatic rings. The van der Waals surface area contributed by atoms with Crippen molar-refractivity contribution in [3.05, 3.63) is 120 Å². The van der Waals surface area contributed by atoms with Crippen molar-refractivity contribution < 1.29 is 22.7 Å². The molecule has 196 valence electrons. The molecule has 4 rings (SSSR count). The van der Waals surface area contributed by atoms with Gasteiger partial charge in [0, 0.05) is 12.1 Å². The molecular formula is C30H30N2O5S. The molecule has 0 unspecified atom stereocenters. The molecule has 0 bridgehead atoms. The van der Waals surface area contributed by atoms with Gasteiger partial charge in [-0.3, -0.25) is 9.10 Å². The van der Waals surface area contributed by atoms with E-state index >= 15 is 0 Å². The van der Waals surface area contributed by atoms with Crippen molar-refractivity contribution in [2.45, 2.75) is 17.9 Å². The van der Waals surface area contributed by atoms with E-state index in [-0.39, 0.29) is 17.3 Å². The highest BCUT2D eigenvalue weighted by Crippen LogP contribution is 2.28. The first-order valence-electron chi connectivity index (χ1n) is 12.1. The Labute approximate surface area is 223 Å². The predicted molar refractivity (Wildman–Crippen MR) is 148 cm³/mol. The van der Waals surface area contributed by atoms with Gasteiger partial charge in [-0.1, -0.05) is 54.6 Å². The number of ether oxygens (including phenoxy) is 2. The molecule has 0 saturated heterocycles. The molecule has 0 aliphatic carbocycles. The van der Waals surface area contributed by atoms with E-state index in [0.717, 1.165) is 11.1 Å². The van der Waals surface area contributed by atoms with Gasteiger partial charge < -0.3 is 14.8 Å². The second-order valence-electron chi connectivity index (χ2n) is 8.55. The zero-order valence-corrected chi connectivity index (χ0v) is 22.1. The van der Waals surface area contributed by atoms with Crippen LogP contribution in [0.4, 0.5) is 5.69 Å². The van der Waals surface area contributed by atoms with Crippen LogP contribution < -0.4 is 19.1 Å². The molecule has 0 aromatic heterocycles. The van der Waals surface area contributed by atoms with Gasteiger partial charge in [0.1, 0.15) is 0 Å². The van der Waals surface area contributed by atoms with Crippen molar-refractivity contribution in [2.24, 2.45) is 0 Å². The Morgan fingerprint density at radius 1 is 0.763 bits per heavy atom. The van der Waals surface area contributed by atoms with Crippen molar-refractivity contribution in [1.29, 1.82) is 0 Å². The Bertz CT molecular complexity index is 1460. The van der Waals surface area contributed by atoms with E-state index in [0.29, 0.717) is 35.7 Å². The van der Waals surface area contributed by atoms with Crippen LogP contribution in [0.15, 0.2) is 108 Å². The summed E-state index contributed by atoms with van der Waals surface area (Å²) in [6.45, 7) is 0.579. The molecule has 8 heteroatoms. The highest BCUT2D eigenvalue weighted by atomic mass is 32.2. The lowest BCUT2D eigenvalue weighted by atomic mass is 10.1. The Balaban J connectivity index is 1.43. The number of anilines is 1. The third-order valence-corrected chi connectivity index (χ3v) is 7.85. The number of hydrogen-bond donors (Lipinski definition) is 1. The number of hydrogen-bond acceptors (Lipinski definition) is 5. The minimum absolute atomic E-state index is 0.127. The molecule has 1 amide bonds. The van der Waals surface area contributed by atoms with Gasteiger partial charge in [0.2, 0.25) is 0 Å². The summed E-state index contributed by atoms with van der Waals surface area (Å²) < 4.78 is 38.9. The molecule has 0 fully saturated rings. The lowest BCUT2D eigenvalue weighted by Gasteiger charge is -2.25. The van der Waals surface area contributed by atoms with Crippen LogP contribution in [0.3, 0.4) is 0 Å². The van der Waals surface area contributed by atoms with Crippen LogP contribution in [-0.2, 0) is 23.0 Å². The van der Waals surface area contributed by atoms with Crippen LogP contribution in [0.25, 0.3) is 0 Å². The number of para-hydroxylation sites is 1. The molecule has 38 heavy (non-hydrogen) atoms. The maximum absolute atomic E-state index is 13.5. The first-order valence-corrected chi connectivity index (χ1v) is 13.6. The van der Waals surface area contributed by atoms with Gasteiger partial charge in [-0.2, -0.15) is 0 Å². The van der Waals surface area contributed by atoms with Gasteiger partial charge in [-0.15, -0.1) is 0 Å². The quantitative estimate of drug-likeness (QED) is 0.293. The Morgan fingerprint density at radius 3 is 2.00 bits per heavy atom. The molecule has 0 spiro atoms. The van der Waals surface area contributed by atoms with Gasteiger partial charge in [0.05, 0.1) is 31.3 Å². The Morgan fingerprint density at radius 2 is 1.37 bits per heavy atom. The third kappa shape index (κ3) is 6.33. The molecule has 7 nitrogen and oxygen atoms in total. The summed E-state index contributed by atoms with van der Waals surface area (Å²) in [7, 11) is -0.615. The van der Waals surface area contributed by atoms with E-state index in [1.165, 1.54) is 4.31 Å². The fraction of sp³-hybridized carbons (Fsp3) is 0.167. The fourth-order valence-electron chi connectivity index (χ4n) is 4.01. The Kier molecular flexibility index (Phi) is 8.66. The third-order valence-electron chi connectivity index (χ3n) is 6.06. The number of rotatable bonds is 11. The maximum atomic E-state index is 13.5. The smallest absolute Gasteiger partial charge is 0.264 e.